The third kappa shape index (κ3) is 3.73. The molecule has 2 N–H and O–H groups in total. The van der Waals surface area contributed by atoms with E-state index in [9.17, 15) is 13.2 Å². The molecule has 1 heterocycles. The third-order valence-electron chi connectivity index (χ3n) is 3.42. The van der Waals surface area contributed by atoms with Gasteiger partial charge in [-0.1, -0.05) is 17.7 Å². The van der Waals surface area contributed by atoms with Crippen molar-refractivity contribution in [2.24, 2.45) is 0 Å². The Bertz CT molecular complexity index is 1090. The number of aromatic amines is 1. The van der Waals surface area contributed by atoms with Gasteiger partial charge in [0.05, 0.1) is 23.2 Å². The molecule has 0 saturated carbocycles. The van der Waals surface area contributed by atoms with Crippen LogP contribution in [0.5, 0.6) is 5.75 Å². The standard InChI is InChI=1S/C16H14ClN3O5S/c1-9-3-6-14(11(17)7-9)26(22,23)25-10-4-5-12-13(8-10)19-15(18-12)20-16(21)24-2/h3-8H,1-2H3,(H2,18,19,20,21). The Labute approximate surface area is 154 Å². The molecule has 1 aromatic heterocycles. The molecular formula is C16H14ClN3O5S. The quantitative estimate of drug-likeness (QED) is 0.654. The highest BCUT2D eigenvalue weighted by molar-refractivity contribution is 7.87. The smallest absolute Gasteiger partial charge is 0.413 e. The molecule has 0 bridgehead atoms. The van der Waals surface area contributed by atoms with E-state index in [4.69, 9.17) is 15.8 Å². The second-order valence-electron chi connectivity index (χ2n) is 5.35. The fraction of sp³-hybridized carbons (Fsp3) is 0.125. The van der Waals surface area contributed by atoms with E-state index in [1.54, 1.807) is 25.1 Å². The second kappa shape index (κ2) is 6.85. The summed E-state index contributed by atoms with van der Waals surface area (Å²) in [7, 11) is -2.87. The highest BCUT2D eigenvalue weighted by Crippen LogP contribution is 2.27. The average molecular weight is 396 g/mol. The van der Waals surface area contributed by atoms with Gasteiger partial charge in [-0.05, 0) is 36.8 Å². The van der Waals surface area contributed by atoms with Crippen LogP contribution in [0.2, 0.25) is 5.02 Å². The first kappa shape index (κ1) is 18.0. The van der Waals surface area contributed by atoms with Crippen LogP contribution in [0.3, 0.4) is 0 Å². The van der Waals surface area contributed by atoms with Crippen molar-refractivity contribution < 1.29 is 22.1 Å². The lowest BCUT2D eigenvalue weighted by atomic mass is 10.2. The van der Waals surface area contributed by atoms with Crippen LogP contribution in [0.4, 0.5) is 10.7 Å². The van der Waals surface area contributed by atoms with E-state index >= 15 is 0 Å². The molecule has 0 aliphatic rings. The summed E-state index contributed by atoms with van der Waals surface area (Å²) < 4.78 is 34.5. The number of amides is 1. The molecule has 2 aromatic carbocycles. The molecule has 0 spiro atoms. The summed E-state index contributed by atoms with van der Waals surface area (Å²) in [4.78, 5) is 18.0. The van der Waals surface area contributed by atoms with Gasteiger partial charge < -0.3 is 13.9 Å². The Morgan fingerprint density at radius 3 is 2.69 bits per heavy atom. The molecule has 0 fully saturated rings. The fourth-order valence-electron chi connectivity index (χ4n) is 2.23. The number of hydrogen-bond donors (Lipinski definition) is 2. The lowest BCUT2D eigenvalue weighted by Gasteiger charge is -2.09. The number of ether oxygens (including phenoxy) is 1. The van der Waals surface area contributed by atoms with Gasteiger partial charge >= 0.3 is 16.2 Å². The lowest BCUT2D eigenvalue weighted by molar-refractivity contribution is 0.186. The number of methoxy groups -OCH3 is 1. The maximum absolute atomic E-state index is 12.5. The molecule has 10 heteroatoms. The summed E-state index contributed by atoms with van der Waals surface area (Å²) >= 11 is 6.01. The number of fused-ring (bicyclic) bond motifs is 1. The van der Waals surface area contributed by atoms with Crippen LogP contribution >= 0.6 is 11.6 Å². The lowest BCUT2D eigenvalue weighted by Crippen LogP contribution is -2.11. The molecule has 0 unspecified atom stereocenters. The SMILES string of the molecule is COC(=O)Nc1nc2ccc(OS(=O)(=O)c3ccc(C)cc3Cl)cc2[nH]1. The number of halogens is 1. The van der Waals surface area contributed by atoms with Crippen molar-refractivity contribution in [2.45, 2.75) is 11.8 Å². The Morgan fingerprint density at radius 2 is 2.00 bits per heavy atom. The van der Waals surface area contributed by atoms with Gasteiger partial charge in [0.2, 0.25) is 5.95 Å². The zero-order chi connectivity index (χ0) is 18.9. The Morgan fingerprint density at radius 1 is 1.23 bits per heavy atom. The van der Waals surface area contributed by atoms with Crippen molar-refractivity contribution >= 4 is 44.8 Å². The van der Waals surface area contributed by atoms with Crippen molar-refractivity contribution in [1.82, 2.24) is 9.97 Å². The van der Waals surface area contributed by atoms with Gasteiger partial charge in [0.15, 0.2) is 0 Å². The van der Waals surface area contributed by atoms with Crippen LogP contribution in [0, 0.1) is 6.92 Å². The van der Waals surface area contributed by atoms with Crippen LogP contribution in [0.25, 0.3) is 11.0 Å². The highest BCUT2D eigenvalue weighted by atomic mass is 35.5. The highest BCUT2D eigenvalue weighted by Gasteiger charge is 2.21. The van der Waals surface area contributed by atoms with Gasteiger partial charge in [-0.2, -0.15) is 8.42 Å². The Kier molecular flexibility index (Phi) is 4.75. The van der Waals surface area contributed by atoms with Gasteiger partial charge in [0.1, 0.15) is 10.6 Å². The van der Waals surface area contributed by atoms with E-state index in [0.29, 0.717) is 11.0 Å². The first-order chi connectivity index (χ1) is 12.3. The summed E-state index contributed by atoms with van der Waals surface area (Å²) in [6, 6.07) is 9.01. The monoisotopic (exact) mass is 395 g/mol. The molecular weight excluding hydrogens is 382 g/mol. The zero-order valence-corrected chi connectivity index (χ0v) is 15.3. The van der Waals surface area contributed by atoms with E-state index in [-0.39, 0.29) is 21.6 Å². The molecule has 1 amide bonds. The molecule has 3 aromatic rings. The van der Waals surface area contributed by atoms with Gasteiger partial charge in [-0.3, -0.25) is 5.32 Å². The van der Waals surface area contributed by atoms with Crippen molar-refractivity contribution in [3.8, 4) is 5.75 Å². The molecule has 136 valence electrons. The summed E-state index contributed by atoms with van der Waals surface area (Å²) in [6.07, 6.45) is -0.683. The topological polar surface area (TPSA) is 110 Å². The number of imidazole rings is 1. The predicted octanol–water partition coefficient (Wildman–Crippen LogP) is 3.47. The molecule has 0 radical (unpaired) electrons. The van der Waals surface area contributed by atoms with E-state index < -0.39 is 16.2 Å². The number of H-pyrrole nitrogens is 1. The third-order valence-corrected chi connectivity index (χ3v) is 5.15. The molecule has 0 aliphatic heterocycles. The summed E-state index contributed by atoms with van der Waals surface area (Å²) in [5.41, 5.74) is 1.81. The molecule has 0 aliphatic carbocycles. The molecule has 3 rings (SSSR count). The van der Waals surface area contributed by atoms with Crippen molar-refractivity contribution in [2.75, 3.05) is 12.4 Å². The Balaban J connectivity index is 1.89. The molecule has 0 atom stereocenters. The minimum absolute atomic E-state index is 0.0717. The molecule has 8 nitrogen and oxygen atoms in total. The number of carbonyl (C=O) groups excluding carboxylic acids is 1. The number of carbonyl (C=O) groups is 1. The number of aryl methyl sites for hydroxylation is 1. The van der Waals surface area contributed by atoms with Gasteiger partial charge in [0, 0.05) is 6.07 Å². The van der Waals surface area contributed by atoms with Crippen LogP contribution in [-0.2, 0) is 14.9 Å². The number of aromatic nitrogens is 2. The minimum Gasteiger partial charge on any atom is -0.453 e. The van der Waals surface area contributed by atoms with Crippen LogP contribution in [0.1, 0.15) is 5.56 Å². The number of anilines is 1. The number of nitrogens with zero attached hydrogens (tertiary/aromatic N) is 1. The van der Waals surface area contributed by atoms with E-state index in [2.05, 4.69) is 20.0 Å². The van der Waals surface area contributed by atoms with E-state index in [1.807, 2.05) is 0 Å². The first-order valence-corrected chi connectivity index (χ1v) is 9.12. The van der Waals surface area contributed by atoms with E-state index in [1.165, 1.54) is 25.3 Å². The Hall–Kier alpha value is -2.78. The number of nitrogens with one attached hydrogen (secondary N) is 2. The molecule has 26 heavy (non-hydrogen) atoms. The van der Waals surface area contributed by atoms with Crippen molar-refractivity contribution in [3.63, 3.8) is 0 Å². The number of hydrogen-bond acceptors (Lipinski definition) is 6. The van der Waals surface area contributed by atoms with Gasteiger partial charge in [0.25, 0.3) is 0 Å². The largest absolute Gasteiger partial charge is 0.453 e. The second-order valence-corrected chi connectivity index (χ2v) is 7.27. The summed E-state index contributed by atoms with van der Waals surface area (Å²) in [5, 5.41) is 2.46. The zero-order valence-electron chi connectivity index (χ0n) is 13.7. The van der Waals surface area contributed by atoms with Gasteiger partial charge in [-0.25, -0.2) is 9.78 Å². The van der Waals surface area contributed by atoms with E-state index in [0.717, 1.165) is 5.56 Å². The maximum Gasteiger partial charge on any atom is 0.413 e. The first-order valence-electron chi connectivity index (χ1n) is 7.34. The summed E-state index contributed by atoms with van der Waals surface area (Å²) in [6.45, 7) is 1.80. The van der Waals surface area contributed by atoms with Crippen LogP contribution < -0.4 is 9.50 Å². The minimum atomic E-state index is -4.10. The van der Waals surface area contributed by atoms with Crippen molar-refractivity contribution in [1.29, 1.82) is 0 Å². The number of benzene rings is 2. The average Bonchev–Trinajstić information content (AvgIpc) is 2.95. The maximum atomic E-state index is 12.5. The van der Waals surface area contributed by atoms with Crippen LogP contribution in [0.15, 0.2) is 41.3 Å². The predicted molar refractivity (Wildman–Crippen MR) is 96.1 cm³/mol. The fourth-order valence-corrected chi connectivity index (χ4v) is 3.73. The molecule has 0 saturated heterocycles. The number of rotatable bonds is 4. The normalized spacial score (nSPS) is 11.3. The van der Waals surface area contributed by atoms with Crippen molar-refractivity contribution in [3.05, 3.63) is 47.0 Å². The van der Waals surface area contributed by atoms with Gasteiger partial charge in [-0.15, -0.1) is 0 Å². The van der Waals surface area contributed by atoms with Crippen LogP contribution in [-0.4, -0.2) is 31.6 Å². The summed E-state index contributed by atoms with van der Waals surface area (Å²) in [5.74, 6) is 0.232.